The van der Waals surface area contributed by atoms with E-state index in [1.165, 1.54) is 19.2 Å². The molecule has 0 atom stereocenters. The quantitative estimate of drug-likeness (QED) is 0.464. The van der Waals surface area contributed by atoms with Crippen molar-refractivity contribution in [3.05, 3.63) is 28.3 Å². The fourth-order valence-electron chi connectivity index (χ4n) is 1.42. The number of ether oxygens (including phenoxy) is 2. The number of rotatable bonds is 7. The summed E-state index contributed by atoms with van der Waals surface area (Å²) in [5.41, 5.74) is -0.0589. The molecular weight excluding hydrogens is 252 g/mol. The molecule has 0 saturated heterocycles. The van der Waals surface area contributed by atoms with Crippen LogP contribution in [0, 0.1) is 10.1 Å². The summed E-state index contributed by atoms with van der Waals surface area (Å²) < 4.78 is 9.95. The molecule has 0 aromatic heterocycles. The van der Waals surface area contributed by atoms with E-state index in [1.54, 1.807) is 6.07 Å². The fraction of sp³-hybridized carbons (Fsp3) is 0.417. The topological polar surface area (TPSA) is 90.7 Å². The first kappa shape index (κ1) is 14.9. The summed E-state index contributed by atoms with van der Waals surface area (Å²) in [6.07, 6.45) is 0.150. The molecule has 19 heavy (non-hydrogen) atoms. The number of nitro benzene ring substituents is 1. The van der Waals surface area contributed by atoms with Gasteiger partial charge in [0.2, 0.25) is 5.91 Å². The number of hydrogen-bond donors (Lipinski definition) is 1. The number of hydrogen-bond acceptors (Lipinski definition) is 5. The molecule has 0 saturated carbocycles. The van der Waals surface area contributed by atoms with Crippen molar-refractivity contribution < 1.29 is 19.2 Å². The second-order valence-electron chi connectivity index (χ2n) is 3.64. The van der Waals surface area contributed by atoms with Crippen LogP contribution in [-0.4, -0.2) is 31.2 Å². The van der Waals surface area contributed by atoms with Gasteiger partial charge in [-0.2, -0.15) is 0 Å². The lowest BCUT2D eigenvalue weighted by Crippen LogP contribution is -2.15. The van der Waals surface area contributed by atoms with Gasteiger partial charge in [0.05, 0.1) is 31.1 Å². The number of carbonyl (C=O) groups is 1. The Hall–Kier alpha value is -2.15. The maximum atomic E-state index is 11.6. The Morgan fingerprint density at radius 1 is 1.47 bits per heavy atom. The summed E-state index contributed by atoms with van der Waals surface area (Å²) in [6, 6.07) is 4.25. The van der Waals surface area contributed by atoms with Crippen molar-refractivity contribution in [2.24, 2.45) is 0 Å². The summed E-state index contributed by atoms with van der Waals surface area (Å²) in [7, 11) is 1.42. The average Bonchev–Trinajstić information content (AvgIpc) is 2.39. The smallest absolute Gasteiger partial charge is 0.296 e. The third kappa shape index (κ3) is 4.55. The van der Waals surface area contributed by atoms with Gasteiger partial charge in [-0.05, 0) is 19.1 Å². The SMILES string of the molecule is CCOCCC(=O)Nc1ccc(OC)cc1[N+](=O)[O-]. The Kier molecular flexibility index (Phi) is 5.74. The highest BCUT2D eigenvalue weighted by Gasteiger charge is 2.16. The molecular formula is C12H16N2O5. The van der Waals surface area contributed by atoms with E-state index in [1.807, 2.05) is 6.92 Å². The van der Waals surface area contributed by atoms with Crippen LogP contribution in [0.3, 0.4) is 0 Å². The maximum absolute atomic E-state index is 11.6. The van der Waals surface area contributed by atoms with Crippen LogP contribution in [0.2, 0.25) is 0 Å². The highest BCUT2D eigenvalue weighted by Crippen LogP contribution is 2.28. The van der Waals surface area contributed by atoms with Gasteiger partial charge in [-0.3, -0.25) is 14.9 Å². The van der Waals surface area contributed by atoms with E-state index in [2.05, 4.69) is 5.32 Å². The number of nitro groups is 1. The van der Waals surface area contributed by atoms with Crippen molar-refractivity contribution in [2.75, 3.05) is 25.6 Å². The van der Waals surface area contributed by atoms with E-state index in [0.29, 0.717) is 12.4 Å². The van der Waals surface area contributed by atoms with Gasteiger partial charge in [0.25, 0.3) is 5.69 Å². The lowest BCUT2D eigenvalue weighted by atomic mass is 10.2. The first-order valence-corrected chi connectivity index (χ1v) is 5.78. The fourth-order valence-corrected chi connectivity index (χ4v) is 1.42. The Bertz CT molecular complexity index is 461. The number of anilines is 1. The molecule has 1 aromatic rings. The second-order valence-corrected chi connectivity index (χ2v) is 3.64. The van der Waals surface area contributed by atoms with Gasteiger partial charge >= 0.3 is 0 Å². The Morgan fingerprint density at radius 3 is 2.79 bits per heavy atom. The molecule has 1 amide bonds. The Balaban J connectivity index is 2.77. The molecule has 0 spiro atoms. The molecule has 1 rings (SSSR count). The lowest BCUT2D eigenvalue weighted by Gasteiger charge is -2.07. The zero-order chi connectivity index (χ0) is 14.3. The minimum absolute atomic E-state index is 0.146. The van der Waals surface area contributed by atoms with Gasteiger partial charge < -0.3 is 14.8 Å². The highest BCUT2D eigenvalue weighted by atomic mass is 16.6. The summed E-state index contributed by atoms with van der Waals surface area (Å²) in [5, 5.41) is 13.4. The number of amides is 1. The Morgan fingerprint density at radius 2 is 2.21 bits per heavy atom. The normalized spacial score (nSPS) is 10.0. The monoisotopic (exact) mass is 268 g/mol. The number of benzene rings is 1. The number of carbonyl (C=O) groups excluding carboxylic acids is 1. The minimum atomic E-state index is -0.569. The predicted octanol–water partition coefficient (Wildman–Crippen LogP) is 1.97. The van der Waals surface area contributed by atoms with Gasteiger partial charge in [0, 0.05) is 6.61 Å². The first-order chi connectivity index (χ1) is 9.08. The molecule has 7 nitrogen and oxygen atoms in total. The molecule has 0 bridgehead atoms. The zero-order valence-electron chi connectivity index (χ0n) is 10.8. The minimum Gasteiger partial charge on any atom is -0.496 e. The van der Waals surface area contributed by atoms with Crippen LogP contribution in [0.1, 0.15) is 13.3 Å². The van der Waals surface area contributed by atoms with Crippen LogP contribution in [0.25, 0.3) is 0 Å². The van der Waals surface area contributed by atoms with Crippen LogP contribution in [0.15, 0.2) is 18.2 Å². The molecule has 1 aromatic carbocycles. The van der Waals surface area contributed by atoms with Crippen molar-refractivity contribution in [1.29, 1.82) is 0 Å². The lowest BCUT2D eigenvalue weighted by molar-refractivity contribution is -0.384. The Labute approximate surface area is 110 Å². The molecule has 0 unspecified atom stereocenters. The number of nitrogens with one attached hydrogen (secondary N) is 1. The molecule has 1 N–H and O–H groups in total. The van der Waals surface area contributed by atoms with Crippen molar-refractivity contribution in [1.82, 2.24) is 0 Å². The van der Waals surface area contributed by atoms with Gasteiger partial charge in [0.1, 0.15) is 11.4 Å². The van der Waals surface area contributed by atoms with Crippen molar-refractivity contribution in [2.45, 2.75) is 13.3 Å². The summed E-state index contributed by atoms with van der Waals surface area (Å²) in [6.45, 7) is 2.63. The summed E-state index contributed by atoms with van der Waals surface area (Å²) in [4.78, 5) is 21.9. The van der Waals surface area contributed by atoms with Gasteiger partial charge in [0.15, 0.2) is 0 Å². The molecule has 0 aliphatic rings. The van der Waals surface area contributed by atoms with Crippen molar-refractivity contribution in [3.63, 3.8) is 0 Å². The van der Waals surface area contributed by atoms with Crippen LogP contribution in [0.4, 0.5) is 11.4 Å². The third-order valence-electron chi connectivity index (χ3n) is 2.35. The largest absolute Gasteiger partial charge is 0.496 e. The average molecular weight is 268 g/mol. The standard InChI is InChI=1S/C12H16N2O5/c1-3-19-7-6-12(15)13-10-5-4-9(18-2)8-11(10)14(16)17/h4-5,8H,3,6-7H2,1-2H3,(H,13,15). The van der Waals surface area contributed by atoms with E-state index in [-0.39, 0.29) is 30.3 Å². The summed E-state index contributed by atoms with van der Waals surface area (Å²) >= 11 is 0. The highest BCUT2D eigenvalue weighted by molar-refractivity contribution is 5.93. The van der Waals surface area contributed by atoms with Gasteiger partial charge in [-0.25, -0.2) is 0 Å². The van der Waals surface area contributed by atoms with Gasteiger partial charge in [-0.15, -0.1) is 0 Å². The summed E-state index contributed by atoms with van der Waals surface area (Å²) in [5.74, 6) is 0.0285. The second kappa shape index (κ2) is 7.32. The molecule has 7 heteroatoms. The van der Waals surface area contributed by atoms with Crippen LogP contribution in [0.5, 0.6) is 5.75 Å². The van der Waals surface area contributed by atoms with Crippen LogP contribution in [-0.2, 0) is 9.53 Å². The van der Waals surface area contributed by atoms with E-state index >= 15 is 0 Å². The van der Waals surface area contributed by atoms with Crippen molar-refractivity contribution >= 4 is 17.3 Å². The molecule has 0 fully saturated rings. The van der Waals surface area contributed by atoms with Gasteiger partial charge in [-0.1, -0.05) is 0 Å². The van der Waals surface area contributed by atoms with E-state index < -0.39 is 4.92 Å². The zero-order valence-corrected chi connectivity index (χ0v) is 10.8. The molecule has 104 valence electrons. The molecule has 0 heterocycles. The molecule has 0 aliphatic carbocycles. The van der Waals surface area contributed by atoms with Crippen LogP contribution < -0.4 is 10.1 Å². The predicted molar refractivity (Wildman–Crippen MR) is 69.4 cm³/mol. The maximum Gasteiger partial charge on any atom is 0.296 e. The van der Waals surface area contributed by atoms with Crippen molar-refractivity contribution in [3.8, 4) is 5.75 Å². The number of nitrogens with zero attached hydrogens (tertiary/aromatic N) is 1. The van der Waals surface area contributed by atoms with E-state index in [9.17, 15) is 14.9 Å². The third-order valence-corrected chi connectivity index (χ3v) is 2.35. The molecule has 0 aliphatic heterocycles. The van der Waals surface area contributed by atoms with E-state index in [0.717, 1.165) is 0 Å². The van der Waals surface area contributed by atoms with E-state index in [4.69, 9.17) is 9.47 Å². The number of methoxy groups -OCH3 is 1. The first-order valence-electron chi connectivity index (χ1n) is 5.78. The van der Waals surface area contributed by atoms with Crippen LogP contribution >= 0.6 is 0 Å². The molecule has 0 radical (unpaired) electrons.